The van der Waals surface area contributed by atoms with Gasteiger partial charge < -0.3 is 5.32 Å². The molecule has 1 N–H and O–H groups in total. The van der Waals surface area contributed by atoms with Crippen LogP contribution >= 0.6 is 0 Å². The van der Waals surface area contributed by atoms with Crippen molar-refractivity contribution in [3.05, 3.63) is 41.7 Å². The number of anilines is 1. The van der Waals surface area contributed by atoms with Gasteiger partial charge in [0.2, 0.25) is 10.0 Å². The van der Waals surface area contributed by atoms with E-state index in [1.807, 2.05) is 0 Å². The summed E-state index contributed by atoms with van der Waals surface area (Å²) in [5.41, 5.74) is -1.21. The molecule has 0 bridgehead atoms. The zero-order valence-corrected chi connectivity index (χ0v) is 17.5. The normalized spacial score (nSPS) is 12.8. The van der Waals surface area contributed by atoms with Gasteiger partial charge in [0.15, 0.2) is 5.69 Å². The highest BCUT2D eigenvalue weighted by atomic mass is 32.2. The summed E-state index contributed by atoms with van der Waals surface area (Å²) in [5.74, 6) is -0.794. The molecule has 0 radical (unpaired) electrons. The number of benzene rings is 1. The molecular formula is C18H23F3N4O3S. The maximum atomic E-state index is 12.8. The molecule has 1 aromatic carbocycles. The van der Waals surface area contributed by atoms with Gasteiger partial charge in [0.25, 0.3) is 5.91 Å². The molecule has 1 heterocycles. The van der Waals surface area contributed by atoms with Crippen molar-refractivity contribution < 1.29 is 26.4 Å². The molecular weight excluding hydrogens is 409 g/mol. The van der Waals surface area contributed by atoms with Crippen LogP contribution in [0.25, 0.3) is 0 Å². The molecule has 0 saturated carbocycles. The van der Waals surface area contributed by atoms with Crippen molar-refractivity contribution in [2.45, 2.75) is 50.9 Å². The predicted octanol–water partition coefficient (Wildman–Crippen LogP) is 3.50. The molecule has 0 unspecified atom stereocenters. The lowest BCUT2D eigenvalue weighted by molar-refractivity contribution is -0.141. The van der Waals surface area contributed by atoms with Crippen molar-refractivity contribution in [1.29, 1.82) is 0 Å². The van der Waals surface area contributed by atoms with Gasteiger partial charge in [0.05, 0.1) is 4.90 Å². The summed E-state index contributed by atoms with van der Waals surface area (Å²) >= 11 is 0. The van der Waals surface area contributed by atoms with Crippen LogP contribution in [-0.4, -0.2) is 40.5 Å². The Morgan fingerprint density at radius 3 is 2.03 bits per heavy atom. The number of halogens is 3. The molecule has 0 fully saturated rings. The van der Waals surface area contributed by atoms with E-state index in [1.54, 1.807) is 27.7 Å². The summed E-state index contributed by atoms with van der Waals surface area (Å²) in [6.45, 7) is 7.09. The minimum absolute atomic E-state index is 0.0535. The summed E-state index contributed by atoms with van der Waals surface area (Å²) in [4.78, 5) is 12.3. The first-order chi connectivity index (χ1) is 13.2. The zero-order chi connectivity index (χ0) is 22.1. The Kier molecular flexibility index (Phi) is 6.43. The lowest BCUT2D eigenvalue weighted by Crippen LogP contribution is -2.41. The number of nitrogens with one attached hydrogen (secondary N) is 1. The standard InChI is InChI=1S/C18H23F3N4O3S/c1-11(2)25(12(3)4)29(27,28)14-8-6-13(7-9-14)22-17(26)15-10-16(18(19,20)21)23-24(15)5/h6-12H,1-5H3,(H,22,26). The second-order valence-electron chi connectivity index (χ2n) is 7.04. The van der Waals surface area contributed by atoms with Gasteiger partial charge in [-0.1, -0.05) is 0 Å². The van der Waals surface area contributed by atoms with Crippen LogP contribution in [0.5, 0.6) is 0 Å². The molecule has 0 saturated heterocycles. The van der Waals surface area contributed by atoms with Crippen molar-refractivity contribution in [3.8, 4) is 0 Å². The second-order valence-corrected chi connectivity index (χ2v) is 8.88. The van der Waals surface area contributed by atoms with Gasteiger partial charge in [0, 0.05) is 30.9 Å². The number of nitrogens with zero attached hydrogens (tertiary/aromatic N) is 3. The molecule has 7 nitrogen and oxygen atoms in total. The predicted molar refractivity (Wildman–Crippen MR) is 102 cm³/mol. The average molecular weight is 432 g/mol. The third kappa shape index (κ3) is 4.96. The van der Waals surface area contributed by atoms with Crippen LogP contribution in [0, 0.1) is 0 Å². The number of hydrogen-bond donors (Lipinski definition) is 1. The number of hydrogen-bond acceptors (Lipinski definition) is 4. The maximum absolute atomic E-state index is 12.8. The van der Waals surface area contributed by atoms with Crippen LogP contribution in [0.15, 0.2) is 35.2 Å². The van der Waals surface area contributed by atoms with E-state index < -0.39 is 27.8 Å². The maximum Gasteiger partial charge on any atom is 0.435 e. The van der Waals surface area contributed by atoms with E-state index in [0.29, 0.717) is 6.07 Å². The highest BCUT2D eigenvalue weighted by molar-refractivity contribution is 7.89. The topological polar surface area (TPSA) is 84.3 Å². The summed E-state index contributed by atoms with van der Waals surface area (Å²) in [6.07, 6.45) is -4.66. The summed E-state index contributed by atoms with van der Waals surface area (Å²) < 4.78 is 66.1. The van der Waals surface area contributed by atoms with Crippen molar-refractivity contribution >= 4 is 21.6 Å². The monoisotopic (exact) mass is 432 g/mol. The number of carbonyl (C=O) groups is 1. The third-order valence-corrected chi connectivity index (χ3v) is 6.37. The van der Waals surface area contributed by atoms with E-state index >= 15 is 0 Å². The molecule has 0 aliphatic heterocycles. The molecule has 1 amide bonds. The molecule has 11 heteroatoms. The Bertz CT molecular complexity index is 973. The molecule has 2 rings (SSSR count). The second kappa shape index (κ2) is 8.15. The number of aryl methyl sites for hydroxylation is 1. The summed E-state index contributed by atoms with van der Waals surface area (Å²) in [7, 11) is -2.51. The number of amides is 1. The zero-order valence-electron chi connectivity index (χ0n) is 16.6. The van der Waals surface area contributed by atoms with Crippen LogP contribution < -0.4 is 5.32 Å². The average Bonchev–Trinajstić information content (AvgIpc) is 2.96. The number of sulfonamides is 1. The first-order valence-electron chi connectivity index (χ1n) is 8.81. The van der Waals surface area contributed by atoms with Crippen molar-refractivity contribution in [3.63, 3.8) is 0 Å². The van der Waals surface area contributed by atoms with Gasteiger partial charge in [-0.15, -0.1) is 0 Å². The Balaban J connectivity index is 2.23. The van der Waals surface area contributed by atoms with Crippen LogP contribution in [0.1, 0.15) is 43.9 Å². The quantitative estimate of drug-likeness (QED) is 0.757. The molecule has 160 valence electrons. The molecule has 29 heavy (non-hydrogen) atoms. The van der Waals surface area contributed by atoms with Crippen molar-refractivity contribution in [2.75, 3.05) is 5.32 Å². The summed E-state index contributed by atoms with van der Waals surface area (Å²) in [5, 5.41) is 5.73. The first-order valence-corrected chi connectivity index (χ1v) is 10.3. The van der Waals surface area contributed by atoms with Crippen LogP contribution in [0.3, 0.4) is 0 Å². The third-order valence-electron chi connectivity index (χ3n) is 4.11. The van der Waals surface area contributed by atoms with Gasteiger partial charge in [-0.05, 0) is 52.0 Å². The van der Waals surface area contributed by atoms with E-state index in [9.17, 15) is 26.4 Å². The lowest BCUT2D eigenvalue weighted by Gasteiger charge is -2.29. The Labute approximate surface area is 167 Å². The van der Waals surface area contributed by atoms with E-state index in [4.69, 9.17) is 0 Å². The summed E-state index contributed by atoms with van der Waals surface area (Å²) in [6, 6.07) is 5.60. The molecule has 0 atom stereocenters. The van der Waals surface area contributed by atoms with Gasteiger partial charge >= 0.3 is 6.18 Å². The lowest BCUT2D eigenvalue weighted by atomic mass is 10.3. The largest absolute Gasteiger partial charge is 0.435 e. The number of rotatable bonds is 6. The van der Waals surface area contributed by atoms with Crippen LogP contribution in [0.2, 0.25) is 0 Å². The van der Waals surface area contributed by atoms with Gasteiger partial charge in [-0.25, -0.2) is 8.42 Å². The van der Waals surface area contributed by atoms with Crippen molar-refractivity contribution in [1.82, 2.24) is 14.1 Å². The Morgan fingerprint density at radius 1 is 1.10 bits per heavy atom. The van der Waals surface area contributed by atoms with E-state index in [-0.39, 0.29) is 28.4 Å². The minimum Gasteiger partial charge on any atom is -0.321 e. The molecule has 1 aromatic heterocycles. The van der Waals surface area contributed by atoms with Crippen LogP contribution in [-0.2, 0) is 23.2 Å². The van der Waals surface area contributed by atoms with Crippen molar-refractivity contribution in [2.24, 2.45) is 7.05 Å². The molecule has 0 aliphatic carbocycles. The number of aromatic nitrogens is 2. The SMILES string of the molecule is CC(C)N(C(C)C)S(=O)(=O)c1ccc(NC(=O)c2cc(C(F)(F)F)nn2C)cc1. The Hall–Kier alpha value is -2.40. The van der Waals surface area contributed by atoms with Gasteiger partial charge in [0.1, 0.15) is 5.69 Å². The van der Waals surface area contributed by atoms with Crippen LogP contribution in [0.4, 0.5) is 18.9 Å². The van der Waals surface area contributed by atoms with Gasteiger partial charge in [-0.2, -0.15) is 22.6 Å². The van der Waals surface area contributed by atoms with E-state index in [1.165, 1.54) is 35.6 Å². The van der Waals surface area contributed by atoms with Gasteiger partial charge in [-0.3, -0.25) is 9.48 Å². The number of carbonyl (C=O) groups excluding carboxylic acids is 1. The smallest absolute Gasteiger partial charge is 0.321 e. The minimum atomic E-state index is -4.66. The fraction of sp³-hybridized carbons (Fsp3) is 0.444. The Morgan fingerprint density at radius 2 is 1.62 bits per heavy atom. The van der Waals surface area contributed by atoms with E-state index in [0.717, 1.165) is 4.68 Å². The molecule has 0 spiro atoms. The molecule has 0 aliphatic rings. The molecule has 2 aromatic rings. The highest BCUT2D eigenvalue weighted by Crippen LogP contribution is 2.28. The number of alkyl halides is 3. The highest BCUT2D eigenvalue weighted by Gasteiger charge is 2.35. The fourth-order valence-electron chi connectivity index (χ4n) is 3.00. The van der Waals surface area contributed by atoms with E-state index in [2.05, 4.69) is 10.4 Å². The first kappa shape index (κ1) is 22.9. The fourth-order valence-corrected chi connectivity index (χ4v) is 4.83.